The van der Waals surface area contributed by atoms with Gasteiger partial charge in [-0.15, -0.1) is 11.8 Å². The molecule has 3 aromatic carbocycles. The number of anilines is 3. The molecule has 9 heteroatoms. The van der Waals surface area contributed by atoms with E-state index in [0.717, 1.165) is 0 Å². The largest absolute Gasteiger partial charge is 0.492 e. The maximum atomic E-state index is 14.1. The number of ether oxygens (including phenoxy) is 1. The molecule has 1 N–H and O–H groups in total. The molecular weight excluding hydrogens is 469 g/mol. The molecule has 1 unspecified atom stereocenters. The van der Waals surface area contributed by atoms with Crippen LogP contribution in [0.2, 0.25) is 0 Å². The smallest absolute Gasteiger partial charge is 0.269 e. The maximum absolute atomic E-state index is 14.1. The summed E-state index contributed by atoms with van der Waals surface area (Å²) in [5.74, 6) is -1.07. The Labute approximate surface area is 205 Å². The summed E-state index contributed by atoms with van der Waals surface area (Å²) >= 11 is 1.17. The van der Waals surface area contributed by atoms with E-state index in [1.54, 1.807) is 54.6 Å². The van der Waals surface area contributed by atoms with Gasteiger partial charge in [-0.25, -0.2) is 4.39 Å². The lowest BCUT2D eigenvalue weighted by molar-refractivity contribution is -0.124. The Hall–Kier alpha value is -3.85. The predicted molar refractivity (Wildman–Crippen MR) is 133 cm³/mol. The number of nitrogens with zero attached hydrogens (tertiary/aromatic N) is 2. The summed E-state index contributed by atoms with van der Waals surface area (Å²) in [5, 5.41) is 2.82. The Bertz CT molecular complexity index is 1330. The van der Waals surface area contributed by atoms with Gasteiger partial charge in [0.2, 0.25) is 16.7 Å². The molecule has 2 heterocycles. The summed E-state index contributed by atoms with van der Waals surface area (Å²) in [6.07, 6.45) is 0. The van der Waals surface area contributed by atoms with Crippen molar-refractivity contribution in [3.8, 4) is 5.75 Å². The van der Waals surface area contributed by atoms with Crippen LogP contribution >= 0.6 is 11.8 Å². The molecular formula is C26H22FN3O4S. The highest BCUT2D eigenvalue weighted by molar-refractivity contribution is 8.02. The van der Waals surface area contributed by atoms with Gasteiger partial charge in [0.15, 0.2) is 0 Å². The number of amides is 3. The summed E-state index contributed by atoms with van der Waals surface area (Å²) in [5.41, 5.74) is 1.92. The standard InChI is InChI=1S/C26H22FN3O4S/c1-2-34-22-13-6-4-11-20(22)28-23(31)15-29-21-12-5-3-10-19(21)26(25(29)33)30(24(32)16-35-26)18-9-7-8-17(27)14-18/h3-14H,2,15-16H2,1H3,(H,28,31). The number of hydrogen-bond acceptors (Lipinski definition) is 5. The van der Waals surface area contributed by atoms with Crippen LogP contribution in [-0.4, -0.2) is 36.6 Å². The molecule has 0 radical (unpaired) electrons. The Balaban J connectivity index is 1.49. The van der Waals surface area contributed by atoms with E-state index in [2.05, 4.69) is 5.32 Å². The molecule has 1 fully saturated rings. The third-order valence-corrected chi connectivity index (χ3v) is 7.28. The van der Waals surface area contributed by atoms with Crippen LogP contribution in [0.15, 0.2) is 72.8 Å². The topological polar surface area (TPSA) is 79.0 Å². The van der Waals surface area contributed by atoms with Crippen LogP contribution in [0.25, 0.3) is 0 Å². The lowest BCUT2D eigenvalue weighted by atomic mass is 10.0. The van der Waals surface area contributed by atoms with Crippen molar-refractivity contribution < 1.29 is 23.5 Å². The molecule has 0 saturated carbocycles. The van der Waals surface area contributed by atoms with Crippen molar-refractivity contribution in [1.82, 2.24) is 0 Å². The molecule has 1 saturated heterocycles. The molecule has 0 aliphatic carbocycles. The number of fused-ring (bicyclic) bond motifs is 2. The van der Waals surface area contributed by atoms with E-state index in [1.165, 1.54) is 39.8 Å². The number of thioether (sulfide) groups is 1. The first kappa shape index (κ1) is 22.9. The van der Waals surface area contributed by atoms with Crippen molar-refractivity contribution in [3.05, 3.63) is 84.2 Å². The molecule has 2 aliphatic heterocycles. The Morgan fingerprint density at radius 3 is 2.66 bits per heavy atom. The zero-order chi connectivity index (χ0) is 24.6. The minimum Gasteiger partial charge on any atom is -0.492 e. The SMILES string of the molecule is CCOc1ccccc1NC(=O)CN1C(=O)C2(SCC(=O)N2c2cccc(F)c2)c2ccccc21. The molecule has 5 rings (SSSR count). The van der Waals surface area contributed by atoms with Crippen molar-refractivity contribution in [1.29, 1.82) is 0 Å². The summed E-state index contributed by atoms with van der Waals surface area (Å²) < 4.78 is 19.6. The van der Waals surface area contributed by atoms with E-state index in [9.17, 15) is 18.8 Å². The number of halogens is 1. The van der Waals surface area contributed by atoms with E-state index < -0.39 is 22.5 Å². The average molecular weight is 492 g/mol. The Kier molecular flexibility index (Phi) is 5.94. The monoisotopic (exact) mass is 491 g/mol. The number of hydrogen-bond donors (Lipinski definition) is 1. The molecule has 0 bridgehead atoms. The van der Waals surface area contributed by atoms with Gasteiger partial charge in [-0.3, -0.25) is 24.2 Å². The van der Waals surface area contributed by atoms with Gasteiger partial charge < -0.3 is 10.1 Å². The molecule has 3 amide bonds. The quantitative estimate of drug-likeness (QED) is 0.561. The minimum absolute atomic E-state index is 0.0539. The van der Waals surface area contributed by atoms with Crippen LogP contribution in [0.4, 0.5) is 21.5 Å². The molecule has 2 aliphatic rings. The molecule has 1 spiro atoms. The van der Waals surface area contributed by atoms with Crippen molar-refractivity contribution in [2.24, 2.45) is 0 Å². The predicted octanol–water partition coefficient (Wildman–Crippen LogP) is 4.14. The van der Waals surface area contributed by atoms with Crippen LogP contribution in [0.1, 0.15) is 12.5 Å². The van der Waals surface area contributed by atoms with Gasteiger partial charge in [-0.1, -0.05) is 36.4 Å². The van der Waals surface area contributed by atoms with Crippen molar-refractivity contribution >= 4 is 46.5 Å². The third-order valence-electron chi connectivity index (χ3n) is 5.89. The summed E-state index contributed by atoms with van der Waals surface area (Å²) in [6.45, 7) is 2.03. The van der Waals surface area contributed by atoms with E-state index in [1.807, 2.05) is 6.92 Å². The number of carbonyl (C=O) groups is 3. The highest BCUT2D eigenvalue weighted by Gasteiger charge is 2.61. The zero-order valence-corrected chi connectivity index (χ0v) is 19.7. The van der Waals surface area contributed by atoms with Crippen LogP contribution < -0.4 is 19.9 Å². The van der Waals surface area contributed by atoms with Crippen molar-refractivity contribution in [2.75, 3.05) is 34.0 Å². The highest BCUT2D eigenvalue weighted by atomic mass is 32.2. The van der Waals surface area contributed by atoms with Gasteiger partial charge in [-0.2, -0.15) is 0 Å². The molecule has 35 heavy (non-hydrogen) atoms. The summed E-state index contributed by atoms with van der Waals surface area (Å²) in [4.78, 5) is 41.3. The van der Waals surface area contributed by atoms with Gasteiger partial charge in [0.05, 0.1) is 23.7 Å². The molecule has 178 valence electrons. The molecule has 1 atom stereocenters. The first-order valence-electron chi connectivity index (χ1n) is 11.1. The fourth-order valence-corrected chi connectivity index (χ4v) is 5.87. The normalized spacial score (nSPS) is 18.8. The molecule has 7 nitrogen and oxygen atoms in total. The van der Waals surface area contributed by atoms with Crippen LogP contribution in [0, 0.1) is 5.82 Å². The first-order chi connectivity index (χ1) is 17.0. The number of carbonyl (C=O) groups excluding carboxylic acids is 3. The second kappa shape index (κ2) is 9.07. The van der Waals surface area contributed by atoms with Crippen LogP contribution in [-0.2, 0) is 19.3 Å². The Morgan fingerprint density at radius 2 is 1.86 bits per heavy atom. The van der Waals surface area contributed by atoms with E-state index >= 15 is 0 Å². The van der Waals surface area contributed by atoms with Crippen molar-refractivity contribution in [2.45, 2.75) is 11.8 Å². The lowest BCUT2D eigenvalue weighted by Gasteiger charge is -2.33. The van der Waals surface area contributed by atoms with Crippen LogP contribution in [0.3, 0.4) is 0 Å². The number of nitrogens with one attached hydrogen (secondary N) is 1. The first-order valence-corrected chi connectivity index (χ1v) is 12.1. The van der Waals surface area contributed by atoms with E-state index in [0.29, 0.717) is 35.0 Å². The van der Waals surface area contributed by atoms with Crippen LogP contribution in [0.5, 0.6) is 5.75 Å². The maximum Gasteiger partial charge on any atom is 0.269 e. The second-order valence-electron chi connectivity index (χ2n) is 8.03. The fourth-order valence-electron chi connectivity index (χ4n) is 4.51. The fraction of sp³-hybridized carbons (Fsp3) is 0.192. The number of rotatable bonds is 6. The van der Waals surface area contributed by atoms with Gasteiger partial charge in [0.1, 0.15) is 18.1 Å². The zero-order valence-electron chi connectivity index (χ0n) is 18.9. The van der Waals surface area contributed by atoms with Gasteiger partial charge in [0.25, 0.3) is 5.91 Å². The van der Waals surface area contributed by atoms with E-state index in [-0.39, 0.29) is 18.2 Å². The van der Waals surface area contributed by atoms with E-state index in [4.69, 9.17) is 4.74 Å². The summed E-state index contributed by atoms with van der Waals surface area (Å²) in [6, 6.07) is 19.8. The second-order valence-corrected chi connectivity index (χ2v) is 9.20. The summed E-state index contributed by atoms with van der Waals surface area (Å²) in [7, 11) is 0. The van der Waals surface area contributed by atoms with Gasteiger partial charge >= 0.3 is 0 Å². The highest BCUT2D eigenvalue weighted by Crippen LogP contribution is 2.55. The van der Waals surface area contributed by atoms with Crippen molar-refractivity contribution in [3.63, 3.8) is 0 Å². The van der Waals surface area contributed by atoms with Gasteiger partial charge in [-0.05, 0) is 43.3 Å². The number of benzene rings is 3. The average Bonchev–Trinajstić information content (AvgIpc) is 3.31. The van der Waals surface area contributed by atoms with Gasteiger partial charge in [0, 0.05) is 11.3 Å². The lowest BCUT2D eigenvalue weighted by Crippen LogP contribution is -2.50. The Morgan fingerprint density at radius 1 is 1.09 bits per heavy atom. The number of para-hydroxylation sites is 3. The third kappa shape index (κ3) is 3.81. The minimum atomic E-state index is -1.41. The molecule has 3 aromatic rings. The molecule has 0 aromatic heterocycles.